The first kappa shape index (κ1) is 17.8. The Morgan fingerprint density at radius 2 is 1.19 bits per heavy atom. The first-order chi connectivity index (χ1) is 15.7. The smallest absolute Gasteiger partial charge is 0.0588 e. The highest BCUT2D eigenvalue weighted by atomic mass is 15.0. The summed E-state index contributed by atoms with van der Waals surface area (Å²) in [5, 5.41) is 5.31. The molecule has 0 amide bonds. The van der Waals surface area contributed by atoms with Crippen LogP contribution in [0.3, 0.4) is 0 Å². The van der Waals surface area contributed by atoms with Crippen molar-refractivity contribution in [2.45, 2.75) is 19.3 Å². The number of para-hydroxylation sites is 2. The molecule has 0 atom stereocenters. The average molecular weight is 410 g/mol. The molecule has 1 heteroatoms. The fraction of sp³-hybridized carbons (Fsp3) is 0.0968. The van der Waals surface area contributed by atoms with Crippen molar-refractivity contribution >= 4 is 32.6 Å². The first-order valence-electron chi connectivity index (χ1n) is 11.3. The quantitative estimate of drug-likeness (QED) is 0.258. The van der Waals surface area contributed by atoms with E-state index in [1.165, 1.54) is 60.5 Å². The zero-order valence-electron chi connectivity index (χ0n) is 18.3. The van der Waals surface area contributed by atoms with Crippen molar-refractivity contribution in [2.24, 2.45) is 0 Å². The maximum Gasteiger partial charge on any atom is 0.0588 e. The molecule has 1 nitrogen and oxygen atoms in total. The fourth-order valence-electron chi connectivity index (χ4n) is 6.05. The largest absolute Gasteiger partial charge is 0.309 e. The van der Waals surface area contributed by atoms with E-state index in [0.717, 1.165) is 0 Å². The Labute approximate surface area is 187 Å². The molecule has 1 aliphatic rings. The molecule has 1 aromatic heterocycles. The van der Waals surface area contributed by atoms with Crippen LogP contribution in [0.5, 0.6) is 0 Å². The van der Waals surface area contributed by atoms with Gasteiger partial charge in [-0.25, -0.2) is 0 Å². The summed E-state index contributed by atoms with van der Waals surface area (Å²) in [6, 6.07) is 37.7. The zero-order chi connectivity index (χ0) is 21.4. The summed E-state index contributed by atoms with van der Waals surface area (Å²) in [6.07, 6.45) is 0. The summed E-state index contributed by atoms with van der Waals surface area (Å²) in [5.41, 5.74) is 9.32. The highest BCUT2D eigenvalue weighted by Gasteiger charge is 2.39. The predicted molar refractivity (Wildman–Crippen MR) is 136 cm³/mol. The van der Waals surface area contributed by atoms with E-state index in [0.29, 0.717) is 0 Å². The van der Waals surface area contributed by atoms with Crippen molar-refractivity contribution in [3.8, 4) is 16.8 Å². The number of benzene rings is 5. The Morgan fingerprint density at radius 1 is 0.531 bits per heavy atom. The van der Waals surface area contributed by atoms with Gasteiger partial charge < -0.3 is 4.57 Å². The van der Waals surface area contributed by atoms with Gasteiger partial charge in [-0.05, 0) is 51.2 Å². The third-order valence-electron chi connectivity index (χ3n) is 7.32. The molecule has 5 aromatic carbocycles. The normalized spacial score (nSPS) is 14.2. The third-order valence-corrected chi connectivity index (χ3v) is 7.32. The summed E-state index contributed by atoms with van der Waals surface area (Å²) < 4.78 is 2.47. The zero-order valence-corrected chi connectivity index (χ0v) is 18.3. The molecule has 6 aromatic rings. The van der Waals surface area contributed by atoms with Crippen LogP contribution in [-0.2, 0) is 5.41 Å². The first-order valence-corrected chi connectivity index (χ1v) is 11.3. The van der Waals surface area contributed by atoms with Crippen LogP contribution in [-0.4, -0.2) is 4.57 Å². The van der Waals surface area contributed by atoms with E-state index in [2.05, 4.69) is 122 Å². The molecule has 0 unspecified atom stereocenters. The molecule has 1 heterocycles. The van der Waals surface area contributed by atoms with Gasteiger partial charge in [-0.15, -0.1) is 0 Å². The van der Waals surface area contributed by atoms with E-state index < -0.39 is 0 Å². The van der Waals surface area contributed by atoms with Crippen LogP contribution in [0.25, 0.3) is 49.4 Å². The molecule has 32 heavy (non-hydrogen) atoms. The van der Waals surface area contributed by atoms with Gasteiger partial charge in [0.1, 0.15) is 0 Å². The van der Waals surface area contributed by atoms with Crippen molar-refractivity contribution in [3.05, 3.63) is 114 Å². The van der Waals surface area contributed by atoms with Gasteiger partial charge >= 0.3 is 0 Å². The molecule has 0 aliphatic heterocycles. The van der Waals surface area contributed by atoms with Gasteiger partial charge in [0.25, 0.3) is 0 Å². The van der Waals surface area contributed by atoms with E-state index >= 15 is 0 Å². The minimum Gasteiger partial charge on any atom is -0.309 e. The monoisotopic (exact) mass is 409 g/mol. The van der Waals surface area contributed by atoms with E-state index in [1.807, 2.05) is 0 Å². The second kappa shape index (κ2) is 6.11. The highest BCUT2D eigenvalue weighted by molar-refractivity contribution is 6.14. The van der Waals surface area contributed by atoms with Crippen LogP contribution in [0.4, 0.5) is 0 Å². The van der Waals surface area contributed by atoms with Gasteiger partial charge in [-0.3, -0.25) is 0 Å². The number of aromatic nitrogens is 1. The molecular formula is C31H23N. The number of hydrogen-bond acceptors (Lipinski definition) is 0. The minimum atomic E-state index is -0.105. The lowest BCUT2D eigenvalue weighted by Crippen LogP contribution is -2.17. The Kier molecular flexibility index (Phi) is 3.40. The van der Waals surface area contributed by atoms with Gasteiger partial charge in [0.15, 0.2) is 0 Å². The fourth-order valence-corrected chi connectivity index (χ4v) is 6.05. The van der Waals surface area contributed by atoms with Crippen molar-refractivity contribution < 1.29 is 0 Å². The topological polar surface area (TPSA) is 4.93 Å². The van der Waals surface area contributed by atoms with Crippen molar-refractivity contribution in [1.82, 2.24) is 4.57 Å². The molecular weight excluding hydrogens is 386 g/mol. The maximum absolute atomic E-state index is 2.47. The molecule has 7 rings (SSSR count). The molecule has 1 aliphatic carbocycles. The molecule has 152 valence electrons. The summed E-state index contributed by atoms with van der Waals surface area (Å²) in [7, 11) is 0. The van der Waals surface area contributed by atoms with Gasteiger partial charge in [0, 0.05) is 21.9 Å². The average Bonchev–Trinajstić information content (AvgIpc) is 3.29. The van der Waals surface area contributed by atoms with Gasteiger partial charge in [-0.1, -0.05) is 98.8 Å². The Hall–Kier alpha value is -3.84. The van der Waals surface area contributed by atoms with Gasteiger partial charge in [-0.2, -0.15) is 0 Å². The molecule has 0 spiro atoms. The number of nitrogens with zero attached hydrogens (tertiary/aromatic N) is 1. The standard InChI is InChI=1S/C31H23N/c1-31(2)28-22-13-7-6-10-20(22)16-17-24(28)25-18-19-26-23-14-8-9-15-27(23)32(30(26)29(25)31)21-11-4-3-5-12-21/h3-19H,1-2H3. The van der Waals surface area contributed by atoms with Crippen LogP contribution < -0.4 is 0 Å². The Balaban J connectivity index is 1.70. The van der Waals surface area contributed by atoms with E-state index in [-0.39, 0.29) is 5.41 Å². The lowest BCUT2D eigenvalue weighted by atomic mass is 9.79. The number of rotatable bonds is 1. The lowest BCUT2D eigenvalue weighted by Gasteiger charge is -2.25. The summed E-state index contributed by atoms with van der Waals surface area (Å²) in [5.74, 6) is 0. The van der Waals surface area contributed by atoms with E-state index in [4.69, 9.17) is 0 Å². The maximum atomic E-state index is 2.47. The predicted octanol–water partition coefficient (Wildman–Crippen LogP) is 8.24. The van der Waals surface area contributed by atoms with Gasteiger partial charge in [0.05, 0.1) is 11.0 Å². The molecule has 0 bridgehead atoms. The van der Waals surface area contributed by atoms with Crippen LogP contribution in [0.2, 0.25) is 0 Å². The number of fused-ring (bicyclic) bond motifs is 9. The van der Waals surface area contributed by atoms with Crippen LogP contribution in [0, 0.1) is 0 Å². The summed E-state index contributed by atoms with van der Waals surface area (Å²) >= 11 is 0. The van der Waals surface area contributed by atoms with Crippen LogP contribution in [0.15, 0.2) is 103 Å². The molecule has 0 saturated heterocycles. The van der Waals surface area contributed by atoms with Crippen molar-refractivity contribution in [3.63, 3.8) is 0 Å². The summed E-state index contributed by atoms with van der Waals surface area (Å²) in [6.45, 7) is 4.80. The second-order valence-corrected chi connectivity index (χ2v) is 9.41. The molecule has 0 saturated carbocycles. The third kappa shape index (κ3) is 2.13. The lowest BCUT2D eigenvalue weighted by molar-refractivity contribution is 0.670. The Morgan fingerprint density at radius 3 is 2.03 bits per heavy atom. The number of hydrogen-bond donors (Lipinski definition) is 0. The van der Waals surface area contributed by atoms with E-state index in [1.54, 1.807) is 0 Å². The van der Waals surface area contributed by atoms with Crippen LogP contribution >= 0.6 is 0 Å². The Bertz CT molecular complexity index is 1680. The summed E-state index contributed by atoms with van der Waals surface area (Å²) in [4.78, 5) is 0. The second-order valence-electron chi connectivity index (χ2n) is 9.41. The molecule has 0 fully saturated rings. The minimum absolute atomic E-state index is 0.105. The highest BCUT2D eigenvalue weighted by Crippen LogP contribution is 2.54. The van der Waals surface area contributed by atoms with Gasteiger partial charge in [0.2, 0.25) is 0 Å². The molecule has 0 radical (unpaired) electrons. The van der Waals surface area contributed by atoms with Crippen molar-refractivity contribution in [2.75, 3.05) is 0 Å². The molecule has 0 N–H and O–H groups in total. The van der Waals surface area contributed by atoms with Crippen molar-refractivity contribution in [1.29, 1.82) is 0 Å². The SMILES string of the molecule is CC1(C)c2c(ccc3ccccc23)-c2ccc3c4ccccc4n(-c4ccccc4)c3c21. The van der Waals surface area contributed by atoms with Crippen LogP contribution in [0.1, 0.15) is 25.0 Å². The van der Waals surface area contributed by atoms with E-state index in [9.17, 15) is 0 Å².